The average molecular weight is 390 g/mol. The molecule has 3 rings (SSSR count). The molecule has 0 aliphatic carbocycles. The largest absolute Gasteiger partial charge is 0.507 e. The predicted molar refractivity (Wildman–Crippen MR) is 117 cm³/mol. The summed E-state index contributed by atoms with van der Waals surface area (Å²) in [7, 11) is 0. The van der Waals surface area contributed by atoms with Gasteiger partial charge in [0.2, 0.25) is 0 Å². The van der Waals surface area contributed by atoms with E-state index in [1.165, 1.54) is 17.7 Å². The summed E-state index contributed by atoms with van der Waals surface area (Å²) in [6.45, 7) is 6.13. The van der Waals surface area contributed by atoms with E-state index in [4.69, 9.17) is 4.42 Å². The third-order valence-corrected chi connectivity index (χ3v) is 4.79. The van der Waals surface area contributed by atoms with Crippen LogP contribution in [0.15, 0.2) is 75.0 Å². The highest BCUT2D eigenvalue weighted by Gasteiger charge is 2.18. The van der Waals surface area contributed by atoms with Crippen molar-refractivity contribution in [3.05, 3.63) is 81.5 Å². The third-order valence-electron chi connectivity index (χ3n) is 4.79. The van der Waals surface area contributed by atoms with Crippen molar-refractivity contribution in [2.45, 2.75) is 40.0 Å². The number of rotatable bonds is 6. The van der Waals surface area contributed by atoms with Gasteiger partial charge in [-0.15, -0.1) is 0 Å². The predicted octanol–water partition coefficient (Wildman–Crippen LogP) is 6.11. The normalized spacial score (nSPS) is 11.6. The number of hydrogen-bond acceptors (Lipinski definition) is 4. The minimum Gasteiger partial charge on any atom is -0.507 e. The van der Waals surface area contributed by atoms with Crippen LogP contribution >= 0.6 is 0 Å². The summed E-state index contributed by atoms with van der Waals surface area (Å²) in [4.78, 5) is 12.7. The molecule has 2 aromatic carbocycles. The zero-order valence-electron chi connectivity index (χ0n) is 17.0. The molecule has 0 fully saturated rings. The maximum absolute atomic E-state index is 12.7. The Kier molecular flexibility index (Phi) is 6.23. The molecular weight excluding hydrogens is 364 g/mol. The highest BCUT2D eigenvalue weighted by molar-refractivity contribution is 5.89. The molecule has 0 aliphatic heterocycles. The highest BCUT2D eigenvalue weighted by atomic mass is 16.3. The van der Waals surface area contributed by atoms with Gasteiger partial charge in [-0.25, -0.2) is 0 Å². The van der Waals surface area contributed by atoms with Crippen LogP contribution in [-0.2, 0) is 6.42 Å². The Morgan fingerprint density at radius 1 is 0.966 bits per heavy atom. The lowest BCUT2D eigenvalue weighted by molar-refractivity contribution is 0.448. The van der Waals surface area contributed by atoms with Crippen LogP contribution in [0.2, 0.25) is 0 Å². The summed E-state index contributed by atoms with van der Waals surface area (Å²) in [5.74, 6) is 0.0414. The molecule has 4 heteroatoms. The minimum absolute atomic E-state index is 0.0830. The number of phenolic OH excluding ortho intramolecular Hbond substituents is 2. The van der Waals surface area contributed by atoms with Gasteiger partial charge in [0.15, 0.2) is 5.43 Å². The first-order valence-electron chi connectivity index (χ1n) is 9.73. The summed E-state index contributed by atoms with van der Waals surface area (Å²) in [5.41, 5.74) is 3.49. The molecule has 0 atom stereocenters. The van der Waals surface area contributed by atoms with Crippen molar-refractivity contribution in [1.29, 1.82) is 0 Å². The van der Waals surface area contributed by atoms with Gasteiger partial charge in [-0.3, -0.25) is 4.79 Å². The zero-order valence-corrected chi connectivity index (χ0v) is 17.0. The molecule has 0 spiro atoms. The van der Waals surface area contributed by atoms with E-state index in [1.807, 2.05) is 37.3 Å². The van der Waals surface area contributed by atoms with Crippen molar-refractivity contribution in [3.8, 4) is 22.8 Å². The number of hydrogen-bond donors (Lipinski definition) is 2. The van der Waals surface area contributed by atoms with Crippen molar-refractivity contribution < 1.29 is 14.6 Å². The van der Waals surface area contributed by atoms with Gasteiger partial charge < -0.3 is 14.6 Å². The second-order valence-electron chi connectivity index (χ2n) is 7.52. The Morgan fingerprint density at radius 2 is 1.66 bits per heavy atom. The molecule has 0 aliphatic rings. The molecule has 29 heavy (non-hydrogen) atoms. The van der Waals surface area contributed by atoms with E-state index >= 15 is 0 Å². The van der Waals surface area contributed by atoms with Crippen molar-refractivity contribution in [3.63, 3.8) is 0 Å². The fraction of sp³-hybridized carbons (Fsp3) is 0.240. The van der Waals surface area contributed by atoms with Gasteiger partial charge in [0.05, 0.1) is 0 Å². The Morgan fingerprint density at radius 3 is 2.34 bits per heavy atom. The monoisotopic (exact) mass is 390 g/mol. The average Bonchev–Trinajstić information content (AvgIpc) is 2.68. The molecule has 150 valence electrons. The van der Waals surface area contributed by atoms with Gasteiger partial charge >= 0.3 is 0 Å². The number of aromatic hydroxyl groups is 2. The molecule has 0 amide bonds. The van der Waals surface area contributed by atoms with Gasteiger partial charge in [0.25, 0.3) is 0 Å². The standard InChI is InChI=1S/C25H26O4/c1-16(2)9-7-8-10-17(3)13-19-20(26)14-21(27)24-22(28)15-23(29-25(19)24)18-11-5-4-6-12-18/h4-6,9-12,14-15,26-27H,7-8,13H2,1-3H3/b17-10+. The second kappa shape index (κ2) is 8.82. The van der Waals surface area contributed by atoms with Gasteiger partial charge in [-0.1, -0.05) is 53.6 Å². The first kappa shape index (κ1) is 20.5. The Balaban J connectivity index is 2.06. The topological polar surface area (TPSA) is 70.7 Å². The molecule has 1 aromatic heterocycles. The molecule has 4 nitrogen and oxygen atoms in total. The van der Waals surface area contributed by atoms with Gasteiger partial charge in [0.1, 0.15) is 28.2 Å². The quantitative estimate of drug-likeness (QED) is 0.394. The molecule has 3 aromatic rings. The van der Waals surface area contributed by atoms with E-state index in [0.717, 1.165) is 24.0 Å². The number of allylic oxidation sites excluding steroid dienone is 4. The van der Waals surface area contributed by atoms with E-state index in [2.05, 4.69) is 26.0 Å². The van der Waals surface area contributed by atoms with Crippen molar-refractivity contribution in [2.24, 2.45) is 0 Å². The minimum atomic E-state index is -0.339. The van der Waals surface area contributed by atoms with Crippen LogP contribution < -0.4 is 5.43 Å². The first-order valence-corrected chi connectivity index (χ1v) is 9.73. The third kappa shape index (κ3) is 4.77. The van der Waals surface area contributed by atoms with Crippen LogP contribution in [-0.4, -0.2) is 10.2 Å². The number of fused-ring (bicyclic) bond motifs is 1. The molecule has 0 bridgehead atoms. The Bertz CT molecular complexity index is 1130. The first-order chi connectivity index (χ1) is 13.9. The van der Waals surface area contributed by atoms with E-state index in [1.54, 1.807) is 0 Å². The Hall–Kier alpha value is -3.27. The summed E-state index contributed by atoms with van der Waals surface area (Å²) in [6.07, 6.45) is 6.58. The second-order valence-corrected chi connectivity index (χ2v) is 7.52. The maximum Gasteiger partial charge on any atom is 0.197 e. The van der Waals surface area contributed by atoms with E-state index in [0.29, 0.717) is 17.7 Å². The smallest absolute Gasteiger partial charge is 0.197 e. The number of benzene rings is 2. The van der Waals surface area contributed by atoms with E-state index in [-0.39, 0.29) is 27.9 Å². The fourth-order valence-corrected chi connectivity index (χ4v) is 3.32. The lowest BCUT2D eigenvalue weighted by atomic mass is 10.00. The lowest BCUT2D eigenvalue weighted by Gasteiger charge is -2.12. The molecule has 1 heterocycles. The molecule has 0 saturated carbocycles. The van der Waals surface area contributed by atoms with Crippen LogP contribution in [0.4, 0.5) is 0 Å². The highest BCUT2D eigenvalue weighted by Crippen LogP contribution is 2.36. The van der Waals surface area contributed by atoms with Crippen LogP contribution in [0.3, 0.4) is 0 Å². The molecule has 2 N–H and O–H groups in total. The molecule has 0 radical (unpaired) electrons. The molecule has 0 saturated heterocycles. The van der Waals surface area contributed by atoms with Gasteiger partial charge in [-0.2, -0.15) is 0 Å². The van der Waals surface area contributed by atoms with Crippen molar-refractivity contribution in [2.75, 3.05) is 0 Å². The van der Waals surface area contributed by atoms with Crippen LogP contribution in [0, 0.1) is 0 Å². The summed E-state index contributed by atoms with van der Waals surface area (Å²) in [5, 5.41) is 20.8. The van der Waals surface area contributed by atoms with E-state index in [9.17, 15) is 15.0 Å². The molecular formula is C25H26O4. The van der Waals surface area contributed by atoms with Gasteiger partial charge in [0, 0.05) is 29.7 Å². The number of unbranched alkanes of at least 4 members (excludes halogenated alkanes) is 1. The lowest BCUT2D eigenvalue weighted by Crippen LogP contribution is -2.03. The summed E-state index contributed by atoms with van der Waals surface area (Å²) < 4.78 is 6.02. The fourth-order valence-electron chi connectivity index (χ4n) is 3.32. The number of phenols is 2. The summed E-state index contributed by atoms with van der Waals surface area (Å²) >= 11 is 0. The SMILES string of the molecule is CC(C)=CCC/C=C(\C)Cc1c(O)cc(O)c2c(=O)cc(-c3ccccc3)oc12. The zero-order chi connectivity index (χ0) is 21.0. The van der Waals surface area contributed by atoms with E-state index < -0.39 is 0 Å². The maximum atomic E-state index is 12.7. The van der Waals surface area contributed by atoms with Crippen LogP contribution in [0.25, 0.3) is 22.3 Å². The van der Waals surface area contributed by atoms with Crippen molar-refractivity contribution >= 4 is 11.0 Å². The van der Waals surface area contributed by atoms with Crippen molar-refractivity contribution in [1.82, 2.24) is 0 Å². The van der Waals surface area contributed by atoms with Gasteiger partial charge in [-0.05, 0) is 33.6 Å². The van der Waals surface area contributed by atoms with Crippen LogP contribution in [0.5, 0.6) is 11.5 Å². The Labute approximate surface area is 170 Å². The molecule has 0 unspecified atom stereocenters. The summed E-state index contributed by atoms with van der Waals surface area (Å²) in [6, 6.07) is 11.9. The van der Waals surface area contributed by atoms with Crippen LogP contribution in [0.1, 0.15) is 39.2 Å².